The second-order valence-electron chi connectivity index (χ2n) is 7.07. The number of hydrogen-bond acceptors (Lipinski definition) is 4. The monoisotopic (exact) mass is 412 g/mol. The van der Waals surface area contributed by atoms with Crippen molar-refractivity contribution in [1.29, 1.82) is 0 Å². The molecule has 0 spiro atoms. The van der Waals surface area contributed by atoms with E-state index >= 15 is 0 Å². The van der Waals surface area contributed by atoms with Gasteiger partial charge in [-0.3, -0.25) is 9.59 Å². The molecule has 0 saturated heterocycles. The van der Waals surface area contributed by atoms with Crippen molar-refractivity contribution in [3.8, 4) is 5.75 Å². The molecule has 1 N–H and O–H groups in total. The lowest BCUT2D eigenvalue weighted by Gasteiger charge is -2.31. The highest BCUT2D eigenvalue weighted by atomic mass is 16.5. The third kappa shape index (κ3) is 6.88. The lowest BCUT2D eigenvalue weighted by atomic mass is 10.0. The first-order valence-corrected chi connectivity index (χ1v) is 10.3. The summed E-state index contributed by atoms with van der Waals surface area (Å²) in [5, 5.41) is 2.96. The fraction of sp³-hybridized carbons (Fsp3) is 0.417. The van der Waals surface area contributed by atoms with Crippen LogP contribution in [0.4, 0.5) is 0 Å². The molecule has 30 heavy (non-hydrogen) atoms. The van der Waals surface area contributed by atoms with Crippen LogP contribution in [0.5, 0.6) is 5.75 Å². The van der Waals surface area contributed by atoms with Crippen molar-refractivity contribution in [2.45, 2.75) is 38.8 Å². The molecule has 0 bridgehead atoms. The van der Waals surface area contributed by atoms with E-state index in [-0.39, 0.29) is 11.8 Å². The van der Waals surface area contributed by atoms with Gasteiger partial charge in [-0.25, -0.2) is 0 Å². The van der Waals surface area contributed by atoms with E-state index in [9.17, 15) is 9.59 Å². The molecule has 0 saturated carbocycles. The molecule has 6 heteroatoms. The summed E-state index contributed by atoms with van der Waals surface area (Å²) in [5.74, 6) is 0.519. The molecule has 0 fully saturated rings. The summed E-state index contributed by atoms with van der Waals surface area (Å²) in [6, 6.07) is 16.3. The first-order valence-electron chi connectivity index (χ1n) is 10.3. The van der Waals surface area contributed by atoms with Crippen LogP contribution >= 0.6 is 0 Å². The Balaban J connectivity index is 2.32. The predicted octanol–water partition coefficient (Wildman–Crippen LogP) is 3.72. The fourth-order valence-electron chi connectivity index (χ4n) is 3.24. The number of carbonyl (C=O) groups excluding carboxylic acids is 2. The molecular weight excluding hydrogens is 380 g/mol. The summed E-state index contributed by atoms with van der Waals surface area (Å²) >= 11 is 0. The highest BCUT2D eigenvalue weighted by molar-refractivity contribution is 5.88. The summed E-state index contributed by atoms with van der Waals surface area (Å²) in [6.07, 6.45) is 1.82. The van der Waals surface area contributed by atoms with Crippen LogP contribution in [0.2, 0.25) is 0 Å². The van der Waals surface area contributed by atoms with Gasteiger partial charge in [0.05, 0.1) is 7.11 Å². The molecule has 0 aliphatic heterocycles. The average molecular weight is 413 g/mol. The molecule has 6 nitrogen and oxygen atoms in total. The zero-order valence-electron chi connectivity index (χ0n) is 18.1. The van der Waals surface area contributed by atoms with E-state index in [0.29, 0.717) is 32.5 Å². The Bertz CT molecular complexity index is 778. The van der Waals surface area contributed by atoms with Gasteiger partial charge in [-0.2, -0.15) is 0 Å². The number of hydrogen-bond donors (Lipinski definition) is 1. The Morgan fingerprint density at radius 1 is 1.03 bits per heavy atom. The molecule has 0 heterocycles. The smallest absolute Gasteiger partial charge is 0.247 e. The highest BCUT2D eigenvalue weighted by Gasteiger charge is 2.30. The van der Waals surface area contributed by atoms with Gasteiger partial charge in [0, 0.05) is 33.2 Å². The number of benzene rings is 2. The summed E-state index contributed by atoms with van der Waals surface area (Å²) in [7, 11) is 3.25. The van der Waals surface area contributed by atoms with Crippen LogP contribution in [-0.2, 0) is 20.9 Å². The SMILES string of the molecule is CCCC(=O)N(Cc1ccc(OC)cc1)[C@@H](C(=O)NCCCOC)c1ccccc1. The van der Waals surface area contributed by atoms with Crippen molar-refractivity contribution >= 4 is 11.8 Å². The molecule has 0 aliphatic carbocycles. The number of carbonyl (C=O) groups is 2. The van der Waals surface area contributed by atoms with Crippen LogP contribution in [-0.4, -0.2) is 44.1 Å². The largest absolute Gasteiger partial charge is 0.497 e. The third-order valence-corrected chi connectivity index (χ3v) is 4.80. The van der Waals surface area contributed by atoms with Gasteiger partial charge in [0.25, 0.3) is 0 Å². The molecule has 2 rings (SSSR count). The van der Waals surface area contributed by atoms with Gasteiger partial charge in [0.1, 0.15) is 11.8 Å². The van der Waals surface area contributed by atoms with Gasteiger partial charge in [-0.1, -0.05) is 49.4 Å². The zero-order chi connectivity index (χ0) is 21.8. The molecule has 0 aliphatic rings. The van der Waals surface area contributed by atoms with Crippen molar-refractivity contribution < 1.29 is 19.1 Å². The van der Waals surface area contributed by atoms with Gasteiger partial charge in [-0.05, 0) is 36.1 Å². The second-order valence-corrected chi connectivity index (χ2v) is 7.07. The van der Waals surface area contributed by atoms with E-state index in [0.717, 1.165) is 23.3 Å². The van der Waals surface area contributed by atoms with Crippen LogP contribution in [0, 0.1) is 0 Å². The molecule has 0 aromatic heterocycles. The van der Waals surface area contributed by atoms with Gasteiger partial charge in [-0.15, -0.1) is 0 Å². The van der Waals surface area contributed by atoms with Crippen LogP contribution < -0.4 is 10.1 Å². The van der Waals surface area contributed by atoms with Crippen LogP contribution in [0.15, 0.2) is 54.6 Å². The van der Waals surface area contributed by atoms with E-state index in [1.807, 2.05) is 61.5 Å². The Hall–Kier alpha value is -2.86. The highest BCUT2D eigenvalue weighted by Crippen LogP contribution is 2.25. The van der Waals surface area contributed by atoms with Gasteiger partial charge >= 0.3 is 0 Å². The zero-order valence-corrected chi connectivity index (χ0v) is 18.1. The first kappa shape index (κ1) is 23.4. The average Bonchev–Trinajstić information content (AvgIpc) is 2.77. The number of amides is 2. The molecule has 0 radical (unpaired) electrons. The Morgan fingerprint density at radius 3 is 2.33 bits per heavy atom. The summed E-state index contributed by atoms with van der Waals surface area (Å²) in [4.78, 5) is 27.9. The van der Waals surface area contributed by atoms with E-state index in [4.69, 9.17) is 9.47 Å². The van der Waals surface area contributed by atoms with E-state index in [2.05, 4.69) is 5.32 Å². The quantitative estimate of drug-likeness (QED) is 0.540. The van der Waals surface area contributed by atoms with E-state index in [1.54, 1.807) is 19.1 Å². The van der Waals surface area contributed by atoms with Crippen molar-refractivity contribution in [2.24, 2.45) is 0 Å². The molecule has 2 aromatic carbocycles. The Morgan fingerprint density at radius 2 is 1.73 bits per heavy atom. The third-order valence-electron chi connectivity index (χ3n) is 4.80. The standard InChI is InChI=1S/C24H32N2O4/c1-4-9-22(27)26(18-19-12-14-21(30-3)15-13-19)23(20-10-6-5-7-11-20)24(28)25-16-8-17-29-2/h5-7,10-15,23H,4,8-9,16-18H2,1-3H3,(H,25,28)/t23-/m1/s1. The second kappa shape index (κ2) is 12.6. The van der Waals surface area contributed by atoms with E-state index < -0.39 is 6.04 Å². The lowest BCUT2D eigenvalue weighted by molar-refractivity contribution is -0.141. The Kier molecular flexibility index (Phi) is 9.87. The molecule has 2 amide bonds. The van der Waals surface area contributed by atoms with Crippen molar-refractivity contribution in [3.63, 3.8) is 0 Å². The minimum atomic E-state index is -0.699. The number of ether oxygens (including phenoxy) is 2. The number of rotatable bonds is 12. The number of nitrogens with zero attached hydrogens (tertiary/aromatic N) is 1. The molecular formula is C24H32N2O4. The molecule has 1 atom stereocenters. The van der Waals surface area contributed by atoms with Crippen molar-refractivity contribution in [2.75, 3.05) is 27.4 Å². The van der Waals surface area contributed by atoms with Gasteiger partial charge in [0.15, 0.2) is 0 Å². The lowest BCUT2D eigenvalue weighted by Crippen LogP contribution is -2.43. The van der Waals surface area contributed by atoms with Crippen LogP contribution in [0.1, 0.15) is 43.4 Å². The van der Waals surface area contributed by atoms with Crippen molar-refractivity contribution in [3.05, 3.63) is 65.7 Å². The predicted molar refractivity (Wildman–Crippen MR) is 117 cm³/mol. The van der Waals surface area contributed by atoms with Crippen LogP contribution in [0.3, 0.4) is 0 Å². The van der Waals surface area contributed by atoms with Crippen molar-refractivity contribution in [1.82, 2.24) is 10.2 Å². The number of nitrogens with one attached hydrogen (secondary N) is 1. The minimum absolute atomic E-state index is 0.0470. The normalized spacial score (nSPS) is 11.6. The summed E-state index contributed by atoms with van der Waals surface area (Å²) in [6.45, 7) is 3.37. The molecule has 0 unspecified atom stereocenters. The van der Waals surface area contributed by atoms with Gasteiger partial charge in [0.2, 0.25) is 11.8 Å². The first-order chi connectivity index (χ1) is 14.6. The molecule has 162 valence electrons. The molecule has 2 aromatic rings. The maximum Gasteiger partial charge on any atom is 0.247 e. The fourth-order valence-corrected chi connectivity index (χ4v) is 3.24. The number of methoxy groups -OCH3 is 2. The van der Waals surface area contributed by atoms with E-state index in [1.165, 1.54) is 0 Å². The Labute approximate surface area is 179 Å². The maximum absolute atomic E-state index is 13.2. The summed E-state index contributed by atoms with van der Waals surface area (Å²) in [5.41, 5.74) is 1.73. The topological polar surface area (TPSA) is 67.9 Å². The van der Waals surface area contributed by atoms with Crippen LogP contribution in [0.25, 0.3) is 0 Å². The minimum Gasteiger partial charge on any atom is -0.497 e. The van der Waals surface area contributed by atoms with Gasteiger partial charge < -0.3 is 19.7 Å². The maximum atomic E-state index is 13.2. The summed E-state index contributed by atoms with van der Waals surface area (Å²) < 4.78 is 10.3.